The fourth-order valence-electron chi connectivity index (χ4n) is 2.27. The molecule has 0 rings (SSSR count). The summed E-state index contributed by atoms with van der Waals surface area (Å²) in [6.45, 7) is 8.90. The van der Waals surface area contributed by atoms with Crippen molar-refractivity contribution in [2.75, 3.05) is 6.61 Å². The van der Waals surface area contributed by atoms with Gasteiger partial charge in [0.2, 0.25) is 0 Å². The summed E-state index contributed by atoms with van der Waals surface area (Å²) in [4.78, 5) is 0. The highest BCUT2D eigenvalue weighted by molar-refractivity contribution is 4.63. The second-order valence-electron chi connectivity index (χ2n) is 6.38. The first-order chi connectivity index (χ1) is 8.45. The van der Waals surface area contributed by atoms with Crippen LogP contribution in [0.25, 0.3) is 0 Å². The Hall–Kier alpha value is -0.0800. The minimum atomic E-state index is -0.00781. The molecule has 0 spiro atoms. The van der Waals surface area contributed by atoms with E-state index in [-0.39, 0.29) is 5.60 Å². The van der Waals surface area contributed by atoms with Crippen molar-refractivity contribution in [2.45, 2.75) is 97.2 Å². The number of hydrogen-bond donors (Lipinski definition) is 1. The first kappa shape index (κ1) is 17.9. The minimum Gasteiger partial charge on any atom is -0.396 e. The zero-order valence-electron chi connectivity index (χ0n) is 13.0. The molecule has 0 amide bonds. The lowest BCUT2D eigenvalue weighted by Gasteiger charge is -2.25. The average Bonchev–Trinajstić information content (AvgIpc) is 2.24. The molecule has 2 heteroatoms. The van der Waals surface area contributed by atoms with Crippen LogP contribution in [0.1, 0.15) is 85.5 Å². The van der Waals surface area contributed by atoms with Crippen LogP contribution in [0.2, 0.25) is 0 Å². The Labute approximate surface area is 114 Å². The molecule has 0 bridgehead atoms. The van der Waals surface area contributed by atoms with Crippen LogP contribution in [-0.2, 0) is 4.74 Å². The lowest BCUT2D eigenvalue weighted by molar-refractivity contribution is -0.0549. The monoisotopic (exact) mass is 258 g/mol. The molecule has 0 aliphatic carbocycles. The second-order valence-corrected chi connectivity index (χ2v) is 6.38. The molecule has 0 heterocycles. The van der Waals surface area contributed by atoms with Gasteiger partial charge in [-0.05, 0) is 40.5 Å². The number of aliphatic hydroxyl groups excluding tert-OH is 1. The molecule has 0 aromatic carbocycles. The maximum Gasteiger partial charge on any atom is 0.0602 e. The quantitative estimate of drug-likeness (QED) is 0.545. The minimum absolute atomic E-state index is 0.00781. The molecule has 0 radical (unpaired) electrons. The van der Waals surface area contributed by atoms with Gasteiger partial charge in [0.15, 0.2) is 0 Å². The Bertz CT molecular complexity index is 172. The normalized spacial score (nSPS) is 13.8. The maximum atomic E-state index is 8.66. The van der Waals surface area contributed by atoms with E-state index in [0.29, 0.717) is 12.7 Å². The van der Waals surface area contributed by atoms with E-state index in [0.717, 1.165) is 6.42 Å². The number of ether oxygens (including phenoxy) is 1. The molecule has 110 valence electrons. The van der Waals surface area contributed by atoms with Crippen LogP contribution in [0.3, 0.4) is 0 Å². The van der Waals surface area contributed by atoms with E-state index >= 15 is 0 Å². The van der Waals surface area contributed by atoms with E-state index in [4.69, 9.17) is 9.84 Å². The molecule has 1 N–H and O–H groups in total. The van der Waals surface area contributed by atoms with Gasteiger partial charge in [0.05, 0.1) is 11.7 Å². The molecule has 0 aromatic heterocycles. The second kappa shape index (κ2) is 10.8. The summed E-state index contributed by atoms with van der Waals surface area (Å²) in [6, 6.07) is 0. The maximum absolute atomic E-state index is 8.66. The molecule has 0 aliphatic heterocycles. The molecule has 1 unspecified atom stereocenters. The number of rotatable bonds is 11. The highest BCUT2D eigenvalue weighted by atomic mass is 16.5. The number of aliphatic hydroxyl groups is 1. The molecule has 0 aromatic rings. The summed E-state index contributed by atoms with van der Waals surface area (Å²) in [5.74, 6) is 0. The van der Waals surface area contributed by atoms with Crippen molar-refractivity contribution in [1.82, 2.24) is 0 Å². The van der Waals surface area contributed by atoms with Crippen molar-refractivity contribution in [2.24, 2.45) is 0 Å². The molecule has 0 saturated carbocycles. The van der Waals surface area contributed by atoms with E-state index in [9.17, 15) is 0 Å². The number of hydrogen-bond acceptors (Lipinski definition) is 2. The van der Waals surface area contributed by atoms with Crippen molar-refractivity contribution in [3.05, 3.63) is 0 Å². The van der Waals surface area contributed by atoms with E-state index in [1.165, 1.54) is 51.4 Å². The van der Waals surface area contributed by atoms with Crippen LogP contribution in [-0.4, -0.2) is 23.4 Å². The van der Waals surface area contributed by atoms with Crippen molar-refractivity contribution in [3.8, 4) is 0 Å². The van der Waals surface area contributed by atoms with Gasteiger partial charge in [0.25, 0.3) is 0 Å². The summed E-state index contributed by atoms with van der Waals surface area (Å²) in [5, 5.41) is 8.66. The Morgan fingerprint density at radius 3 is 1.72 bits per heavy atom. The topological polar surface area (TPSA) is 29.5 Å². The molecular formula is C16H34O2. The van der Waals surface area contributed by atoms with Crippen LogP contribution < -0.4 is 0 Å². The fourth-order valence-corrected chi connectivity index (χ4v) is 2.27. The molecular weight excluding hydrogens is 224 g/mol. The predicted octanol–water partition coefficient (Wildman–Crippen LogP) is 4.69. The third-order valence-electron chi connectivity index (χ3n) is 3.07. The van der Waals surface area contributed by atoms with Gasteiger partial charge >= 0.3 is 0 Å². The van der Waals surface area contributed by atoms with Crippen molar-refractivity contribution in [3.63, 3.8) is 0 Å². The van der Waals surface area contributed by atoms with Gasteiger partial charge in [-0.2, -0.15) is 0 Å². The van der Waals surface area contributed by atoms with Crippen LogP contribution in [0, 0.1) is 0 Å². The zero-order valence-corrected chi connectivity index (χ0v) is 13.0. The highest BCUT2D eigenvalue weighted by Gasteiger charge is 2.14. The van der Waals surface area contributed by atoms with Crippen LogP contribution >= 0.6 is 0 Å². The van der Waals surface area contributed by atoms with Crippen LogP contribution in [0.5, 0.6) is 0 Å². The largest absolute Gasteiger partial charge is 0.396 e. The van der Waals surface area contributed by atoms with Gasteiger partial charge < -0.3 is 9.84 Å². The van der Waals surface area contributed by atoms with Gasteiger partial charge in [-0.25, -0.2) is 0 Å². The summed E-state index contributed by atoms with van der Waals surface area (Å²) in [5.41, 5.74) is -0.00781. The van der Waals surface area contributed by atoms with E-state index in [1.807, 2.05) is 0 Å². The van der Waals surface area contributed by atoms with Crippen LogP contribution in [0.4, 0.5) is 0 Å². The third kappa shape index (κ3) is 14.0. The van der Waals surface area contributed by atoms with Crippen molar-refractivity contribution >= 4 is 0 Å². The summed E-state index contributed by atoms with van der Waals surface area (Å²) >= 11 is 0. The first-order valence-corrected chi connectivity index (χ1v) is 7.74. The third-order valence-corrected chi connectivity index (χ3v) is 3.07. The van der Waals surface area contributed by atoms with Crippen molar-refractivity contribution < 1.29 is 9.84 Å². The number of unbranched alkanes of at least 4 members (excludes halogenated alkanes) is 7. The summed E-state index contributed by atoms with van der Waals surface area (Å²) in [6.07, 6.45) is 11.6. The highest BCUT2D eigenvalue weighted by Crippen LogP contribution is 2.16. The van der Waals surface area contributed by atoms with Gasteiger partial charge in [-0.1, -0.05) is 44.9 Å². The SMILES string of the molecule is CC(CCCCCCCCCCO)OC(C)(C)C. The fraction of sp³-hybridized carbons (Fsp3) is 1.00. The van der Waals surface area contributed by atoms with Crippen molar-refractivity contribution in [1.29, 1.82) is 0 Å². The lowest BCUT2D eigenvalue weighted by atomic mass is 10.1. The van der Waals surface area contributed by atoms with E-state index in [2.05, 4.69) is 27.7 Å². The van der Waals surface area contributed by atoms with Gasteiger partial charge in [0.1, 0.15) is 0 Å². The first-order valence-electron chi connectivity index (χ1n) is 7.74. The molecule has 18 heavy (non-hydrogen) atoms. The van der Waals surface area contributed by atoms with E-state index in [1.54, 1.807) is 0 Å². The zero-order chi connectivity index (χ0) is 13.9. The standard InChI is InChI=1S/C16H34O2/c1-15(18-16(2,3)4)13-11-9-7-5-6-8-10-12-14-17/h15,17H,5-14H2,1-4H3. The molecule has 1 atom stereocenters. The Morgan fingerprint density at radius 2 is 1.28 bits per heavy atom. The van der Waals surface area contributed by atoms with Gasteiger partial charge in [-0.3, -0.25) is 0 Å². The summed E-state index contributed by atoms with van der Waals surface area (Å²) < 4.78 is 5.89. The smallest absolute Gasteiger partial charge is 0.0602 e. The van der Waals surface area contributed by atoms with Gasteiger partial charge in [-0.15, -0.1) is 0 Å². The van der Waals surface area contributed by atoms with Crippen LogP contribution in [0.15, 0.2) is 0 Å². The molecule has 0 fully saturated rings. The molecule has 2 nitrogen and oxygen atoms in total. The van der Waals surface area contributed by atoms with Gasteiger partial charge in [0, 0.05) is 6.61 Å². The Morgan fingerprint density at radius 1 is 0.833 bits per heavy atom. The van der Waals surface area contributed by atoms with E-state index < -0.39 is 0 Å². The Balaban J connectivity index is 3.20. The summed E-state index contributed by atoms with van der Waals surface area (Å²) in [7, 11) is 0. The molecule has 0 aliphatic rings. The average molecular weight is 258 g/mol. The predicted molar refractivity (Wildman–Crippen MR) is 78.9 cm³/mol. The lowest BCUT2D eigenvalue weighted by Crippen LogP contribution is -2.25. The Kier molecular flexibility index (Phi) is 10.8. The molecule has 0 saturated heterocycles.